The maximum Gasteiger partial charge on any atom is 0.412 e. The number of hydrogen-bond donors (Lipinski definition) is 2. The number of anilines is 1. The van der Waals surface area contributed by atoms with Gasteiger partial charge in [-0.1, -0.05) is 51.1 Å². The minimum Gasteiger partial charge on any atom is -0.444 e. The van der Waals surface area contributed by atoms with Gasteiger partial charge in [0.25, 0.3) is 5.91 Å². The Bertz CT molecular complexity index is 746. The number of thiophene rings is 1. The van der Waals surface area contributed by atoms with Gasteiger partial charge in [0.2, 0.25) is 0 Å². The zero-order chi connectivity index (χ0) is 17.9. The summed E-state index contributed by atoms with van der Waals surface area (Å²) in [4.78, 5) is 25.2. The summed E-state index contributed by atoms with van der Waals surface area (Å²) >= 11 is 1.31. The molecule has 0 bridgehead atoms. The van der Waals surface area contributed by atoms with Crippen LogP contribution in [-0.4, -0.2) is 12.0 Å². The second kappa shape index (κ2) is 7.05. The molecule has 0 aliphatic heterocycles. The number of primary amides is 1. The number of nitrogens with two attached hydrogens (primary N) is 1. The highest BCUT2D eigenvalue weighted by atomic mass is 32.1. The molecule has 0 atom stereocenters. The van der Waals surface area contributed by atoms with Crippen molar-refractivity contribution in [2.45, 2.75) is 39.7 Å². The van der Waals surface area contributed by atoms with Crippen LogP contribution in [0.5, 0.6) is 0 Å². The van der Waals surface area contributed by atoms with E-state index in [2.05, 4.69) is 5.32 Å². The van der Waals surface area contributed by atoms with E-state index in [1.165, 1.54) is 11.3 Å². The molecule has 0 spiro atoms. The number of benzene rings is 1. The van der Waals surface area contributed by atoms with Gasteiger partial charge in [-0.25, -0.2) is 4.79 Å². The Morgan fingerprint density at radius 3 is 2.38 bits per heavy atom. The molecule has 2 amide bonds. The molecule has 1 aromatic carbocycles. The van der Waals surface area contributed by atoms with Crippen LogP contribution in [0, 0.1) is 6.92 Å². The highest BCUT2D eigenvalue weighted by molar-refractivity contribution is 7.15. The van der Waals surface area contributed by atoms with Crippen molar-refractivity contribution in [3.63, 3.8) is 0 Å². The molecule has 3 N–H and O–H groups in total. The number of nitrogens with one attached hydrogen (secondary N) is 1. The molecule has 1 aromatic heterocycles. The summed E-state index contributed by atoms with van der Waals surface area (Å²) < 4.78 is 5.22. The molecule has 1 heterocycles. The molecule has 0 saturated heterocycles. The summed E-state index contributed by atoms with van der Waals surface area (Å²) in [7, 11) is 0. The third-order valence-electron chi connectivity index (χ3n) is 3.49. The standard InChI is InChI=1S/C18H22N2O3S/c1-11-13(14(16(19)21)24-15(11)18(2,3)4)20-17(22)23-10-12-8-6-5-7-9-12/h5-9H,10H2,1-4H3,(H2,19,21)(H,20,22). The monoisotopic (exact) mass is 346 g/mol. The van der Waals surface area contributed by atoms with Crippen molar-refractivity contribution in [2.75, 3.05) is 5.32 Å². The van der Waals surface area contributed by atoms with Gasteiger partial charge in [0.1, 0.15) is 11.5 Å². The van der Waals surface area contributed by atoms with Gasteiger partial charge in [-0.2, -0.15) is 0 Å². The average molecular weight is 346 g/mol. The van der Waals surface area contributed by atoms with Crippen molar-refractivity contribution in [2.24, 2.45) is 5.73 Å². The van der Waals surface area contributed by atoms with Gasteiger partial charge in [0, 0.05) is 4.88 Å². The van der Waals surface area contributed by atoms with Crippen molar-refractivity contribution in [3.8, 4) is 0 Å². The van der Waals surface area contributed by atoms with Crippen molar-refractivity contribution in [1.29, 1.82) is 0 Å². The highest BCUT2D eigenvalue weighted by Crippen LogP contribution is 2.39. The van der Waals surface area contributed by atoms with E-state index in [-0.39, 0.29) is 12.0 Å². The van der Waals surface area contributed by atoms with E-state index in [9.17, 15) is 9.59 Å². The molecule has 128 valence electrons. The summed E-state index contributed by atoms with van der Waals surface area (Å²) in [6.07, 6.45) is -0.609. The minimum absolute atomic E-state index is 0.146. The number of carbonyl (C=O) groups excluding carboxylic acids is 2. The average Bonchev–Trinajstić information content (AvgIpc) is 2.83. The number of carbonyl (C=O) groups is 2. The quantitative estimate of drug-likeness (QED) is 0.870. The first-order chi connectivity index (χ1) is 11.2. The van der Waals surface area contributed by atoms with Crippen LogP contribution in [-0.2, 0) is 16.8 Å². The normalized spacial score (nSPS) is 11.2. The maximum absolute atomic E-state index is 12.1. The summed E-state index contributed by atoms with van der Waals surface area (Å²) in [5, 5.41) is 2.67. The van der Waals surface area contributed by atoms with Gasteiger partial charge in [-0.15, -0.1) is 11.3 Å². The van der Waals surface area contributed by atoms with Crippen LogP contribution in [0.25, 0.3) is 0 Å². The van der Waals surface area contributed by atoms with E-state index in [0.29, 0.717) is 10.6 Å². The molecule has 2 aromatic rings. The van der Waals surface area contributed by atoms with Crippen molar-refractivity contribution >= 4 is 29.0 Å². The summed E-state index contributed by atoms with van der Waals surface area (Å²) in [5.74, 6) is -0.558. The van der Waals surface area contributed by atoms with Crippen LogP contribution in [0.15, 0.2) is 30.3 Å². The van der Waals surface area contributed by atoms with Gasteiger partial charge in [-0.3, -0.25) is 10.1 Å². The Hall–Kier alpha value is -2.34. The Balaban J connectivity index is 2.17. The second-order valence-corrected chi connectivity index (χ2v) is 7.58. The summed E-state index contributed by atoms with van der Waals surface area (Å²) in [6, 6.07) is 9.39. The Morgan fingerprint density at radius 1 is 1.21 bits per heavy atom. The number of rotatable bonds is 4. The smallest absolute Gasteiger partial charge is 0.412 e. The van der Waals surface area contributed by atoms with Gasteiger partial charge in [0.15, 0.2) is 0 Å². The molecule has 0 saturated carbocycles. The zero-order valence-electron chi connectivity index (χ0n) is 14.3. The molecule has 0 aliphatic rings. The molecule has 2 rings (SSSR count). The predicted octanol–water partition coefficient (Wildman–Crippen LogP) is 4.20. The lowest BCUT2D eigenvalue weighted by molar-refractivity contribution is 0.100. The molecular weight excluding hydrogens is 324 g/mol. The van der Waals surface area contributed by atoms with Crippen molar-refractivity contribution in [3.05, 3.63) is 51.2 Å². The molecule has 6 heteroatoms. The maximum atomic E-state index is 12.1. The molecular formula is C18H22N2O3S. The predicted molar refractivity (Wildman–Crippen MR) is 96.5 cm³/mol. The topological polar surface area (TPSA) is 81.4 Å². The Morgan fingerprint density at radius 2 is 1.83 bits per heavy atom. The third kappa shape index (κ3) is 4.14. The lowest BCUT2D eigenvalue weighted by Gasteiger charge is -2.17. The number of hydrogen-bond acceptors (Lipinski definition) is 4. The molecule has 0 aliphatic carbocycles. The van der Waals surface area contributed by atoms with Crippen LogP contribution < -0.4 is 11.1 Å². The highest BCUT2D eigenvalue weighted by Gasteiger charge is 2.27. The molecule has 0 fully saturated rings. The fraction of sp³-hybridized carbons (Fsp3) is 0.333. The first kappa shape index (κ1) is 18.0. The van der Waals surface area contributed by atoms with Gasteiger partial charge < -0.3 is 10.5 Å². The number of ether oxygens (including phenoxy) is 1. The first-order valence-electron chi connectivity index (χ1n) is 7.61. The SMILES string of the molecule is Cc1c(C(C)(C)C)sc(C(N)=O)c1NC(=O)OCc1ccccc1. The van der Waals surface area contributed by atoms with Gasteiger partial charge in [0.05, 0.1) is 5.69 Å². The molecule has 0 radical (unpaired) electrons. The summed E-state index contributed by atoms with van der Waals surface area (Å²) in [6.45, 7) is 8.18. The second-order valence-electron chi connectivity index (χ2n) is 6.56. The van der Waals surface area contributed by atoms with E-state index in [0.717, 1.165) is 16.0 Å². The number of amides is 2. The lowest BCUT2D eigenvalue weighted by atomic mass is 9.91. The van der Waals surface area contributed by atoms with Crippen molar-refractivity contribution in [1.82, 2.24) is 0 Å². The van der Waals surface area contributed by atoms with E-state index >= 15 is 0 Å². The van der Waals surface area contributed by atoms with E-state index < -0.39 is 12.0 Å². The zero-order valence-corrected chi connectivity index (χ0v) is 15.1. The van der Waals surface area contributed by atoms with E-state index in [1.807, 2.05) is 58.0 Å². The van der Waals surface area contributed by atoms with E-state index in [1.54, 1.807) is 0 Å². The van der Waals surface area contributed by atoms with Crippen LogP contribution in [0.1, 0.15) is 46.4 Å². The van der Waals surface area contributed by atoms with Crippen LogP contribution in [0.3, 0.4) is 0 Å². The van der Waals surface area contributed by atoms with E-state index in [4.69, 9.17) is 10.5 Å². The van der Waals surface area contributed by atoms with Gasteiger partial charge >= 0.3 is 6.09 Å². The van der Waals surface area contributed by atoms with Crippen LogP contribution in [0.4, 0.5) is 10.5 Å². The minimum atomic E-state index is -0.609. The lowest BCUT2D eigenvalue weighted by Crippen LogP contribution is -2.18. The molecule has 24 heavy (non-hydrogen) atoms. The Labute approximate surface area is 145 Å². The fourth-order valence-electron chi connectivity index (χ4n) is 2.41. The fourth-order valence-corrected chi connectivity index (χ4v) is 3.59. The van der Waals surface area contributed by atoms with Crippen LogP contribution in [0.2, 0.25) is 0 Å². The van der Waals surface area contributed by atoms with Gasteiger partial charge in [-0.05, 0) is 23.5 Å². The van der Waals surface area contributed by atoms with Crippen molar-refractivity contribution < 1.29 is 14.3 Å². The third-order valence-corrected chi connectivity index (χ3v) is 5.22. The first-order valence-corrected chi connectivity index (χ1v) is 8.43. The molecule has 5 nitrogen and oxygen atoms in total. The largest absolute Gasteiger partial charge is 0.444 e. The summed E-state index contributed by atoms with van der Waals surface area (Å²) in [5.41, 5.74) is 7.49. The van der Waals surface area contributed by atoms with Crippen LogP contribution >= 0.6 is 11.3 Å². The molecule has 0 unspecified atom stereocenters. The Kier molecular flexibility index (Phi) is 5.29.